The number of fused-ring (bicyclic) bond motifs is 1. The zero-order valence-electron chi connectivity index (χ0n) is 16.8. The van der Waals surface area contributed by atoms with Crippen LogP contribution in [0.5, 0.6) is 5.75 Å². The summed E-state index contributed by atoms with van der Waals surface area (Å²) < 4.78 is 19.8. The fourth-order valence-corrected chi connectivity index (χ4v) is 3.74. The summed E-state index contributed by atoms with van der Waals surface area (Å²) in [5.74, 6) is -0.422. The van der Waals surface area contributed by atoms with Gasteiger partial charge in [-0.3, -0.25) is 10.1 Å². The molecular weight excluding hydrogens is 473 g/mol. The van der Waals surface area contributed by atoms with Crippen LogP contribution in [0.15, 0.2) is 35.2 Å². The van der Waals surface area contributed by atoms with Crippen molar-refractivity contribution in [2.45, 2.75) is 19.3 Å². The van der Waals surface area contributed by atoms with E-state index in [1.165, 1.54) is 13.4 Å². The van der Waals surface area contributed by atoms with Crippen molar-refractivity contribution >= 4 is 44.9 Å². The maximum absolute atomic E-state index is 13.9. The van der Waals surface area contributed by atoms with Crippen molar-refractivity contribution < 1.29 is 14.1 Å². The lowest BCUT2D eigenvalue weighted by Gasteiger charge is -2.20. The summed E-state index contributed by atoms with van der Waals surface area (Å²) in [7, 11) is 1.33. The summed E-state index contributed by atoms with van der Waals surface area (Å²) in [6.07, 6.45) is 1.33. The number of nitrogens with one attached hydrogen (secondary N) is 1. The molecule has 0 fully saturated rings. The number of rotatable bonds is 5. The van der Waals surface area contributed by atoms with Crippen LogP contribution >= 0.6 is 15.9 Å². The van der Waals surface area contributed by atoms with E-state index >= 15 is 0 Å². The number of ether oxygens (including phenoxy) is 1. The second-order valence-corrected chi connectivity index (χ2v) is 8.28. The van der Waals surface area contributed by atoms with Crippen molar-refractivity contribution in [3.05, 3.63) is 56.8 Å². The SMILES string of the molecule is COc1cc(F)c([N+](=O)[O-])cc1Nc1ncnc(N2CC(C)(C)c3nc(Br)ccc32)n1. The Morgan fingerprint density at radius 3 is 2.77 bits per heavy atom. The number of nitrogens with zero attached hydrogens (tertiary/aromatic N) is 6. The number of methoxy groups -OCH3 is 1. The largest absolute Gasteiger partial charge is 0.494 e. The van der Waals surface area contributed by atoms with Crippen LogP contribution in [-0.4, -0.2) is 38.5 Å². The number of pyridine rings is 1. The predicted octanol–water partition coefficient (Wildman–Crippen LogP) is 4.26. The Bertz CT molecular complexity index is 1190. The lowest BCUT2D eigenvalue weighted by molar-refractivity contribution is -0.387. The van der Waals surface area contributed by atoms with Gasteiger partial charge in [-0.25, -0.2) is 15.0 Å². The molecule has 0 aliphatic carbocycles. The molecule has 0 spiro atoms. The lowest BCUT2D eigenvalue weighted by Crippen LogP contribution is -2.26. The number of hydrogen-bond acceptors (Lipinski definition) is 9. The topological polar surface area (TPSA) is 119 Å². The van der Waals surface area contributed by atoms with Gasteiger partial charge < -0.3 is 15.0 Å². The summed E-state index contributed by atoms with van der Waals surface area (Å²) in [6, 6.07) is 5.75. The minimum atomic E-state index is -1.00. The van der Waals surface area contributed by atoms with Crippen LogP contribution in [0.4, 0.5) is 33.3 Å². The molecule has 0 bridgehead atoms. The number of hydrogen-bond donors (Lipinski definition) is 1. The molecule has 1 aliphatic rings. The monoisotopic (exact) mass is 489 g/mol. The highest BCUT2D eigenvalue weighted by molar-refractivity contribution is 9.10. The van der Waals surface area contributed by atoms with Crippen molar-refractivity contribution in [1.29, 1.82) is 0 Å². The first-order valence-electron chi connectivity index (χ1n) is 9.12. The molecule has 0 amide bonds. The zero-order valence-corrected chi connectivity index (χ0v) is 18.3. The second kappa shape index (κ2) is 7.69. The first-order valence-corrected chi connectivity index (χ1v) is 9.91. The molecule has 3 heterocycles. The van der Waals surface area contributed by atoms with Gasteiger partial charge in [0.25, 0.3) is 0 Å². The maximum Gasteiger partial charge on any atom is 0.307 e. The van der Waals surface area contributed by atoms with Crippen molar-refractivity contribution in [2.24, 2.45) is 0 Å². The molecule has 0 saturated carbocycles. The molecule has 2 aromatic heterocycles. The minimum Gasteiger partial charge on any atom is -0.494 e. The van der Waals surface area contributed by atoms with E-state index < -0.39 is 16.4 Å². The molecule has 4 rings (SSSR count). The summed E-state index contributed by atoms with van der Waals surface area (Å²) in [5.41, 5.74) is 1.01. The van der Waals surface area contributed by atoms with Crippen molar-refractivity contribution in [1.82, 2.24) is 19.9 Å². The summed E-state index contributed by atoms with van der Waals surface area (Å²) in [4.78, 5) is 29.6. The number of anilines is 4. The molecule has 12 heteroatoms. The number of aromatic nitrogens is 4. The fraction of sp³-hybridized carbons (Fsp3) is 0.263. The molecule has 1 N–H and O–H groups in total. The number of halogens is 2. The van der Waals surface area contributed by atoms with Crippen LogP contribution in [0.2, 0.25) is 0 Å². The van der Waals surface area contributed by atoms with Gasteiger partial charge in [-0.1, -0.05) is 13.8 Å². The van der Waals surface area contributed by atoms with Gasteiger partial charge in [0.1, 0.15) is 16.7 Å². The van der Waals surface area contributed by atoms with Gasteiger partial charge in [0.15, 0.2) is 0 Å². The second-order valence-electron chi connectivity index (χ2n) is 7.47. The lowest BCUT2D eigenvalue weighted by atomic mass is 9.91. The highest BCUT2D eigenvalue weighted by Crippen LogP contribution is 2.42. The molecule has 160 valence electrons. The third-order valence-corrected chi connectivity index (χ3v) is 5.28. The summed E-state index contributed by atoms with van der Waals surface area (Å²) in [6.45, 7) is 4.75. The van der Waals surface area contributed by atoms with Crippen LogP contribution in [0.25, 0.3) is 0 Å². The first kappa shape index (κ1) is 20.8. The van der Waals surface area contributed by atoms with Gasteiger partial charge in [0.05, 0.1) is 29.1 Å². The highest BCUT2D eigenvalue weighted by atomic mass is 79.9. The molecule has 0 atom stereocenters. The van der Waals surface area contributed by atoms with Crippen LogP contribution in [0, 0.1) is 15.9 Å². The molecule has 3 aromatic rings. The third kappa shape index (κ3) is 3.85. The average molecular weight is 490 g/mol. The van der Waals surface area contributed by atoms with Gasteiger partial charge >= 0.3 is 5.69 Å². The van der Waals surface area contributed by atoms with Gasteiger partial charge in [0, 0.05) is 24.1 Å². The van der Waals surface area contributed by atoms with E-state index in [1.54, 1.807) is 0 Å². The standard InChI is InChI=1S/C19H17BrFN7O3/c1-19(2)8-27(12-4-5-15(20)25-16(12)19)18-23-9-22-17(26-18)24-11-7-13(28(29)30)10(21)6-14(11)31-3/h4-7,9H,8H2,1-3H3,(H,22,23,24,26). The number of benzene rings is 1. The van der Waals surface area contributed by atoms with Gasteiger partial charge in [0.2, 0.25) is 17.7 Å². The van der Waals surface area contributed by atoms with Gasteiger partial charge in [-0.05, 0) is 28.1 Å². The Balaban J connectivity index is 1.70. The molecule has 1 aliphatic heterocycles. The van der Waals surface area contributed by atoms with Crippen LogP contribution in [-0.2, 0) is 5.41 Å². The minimum absolute atomic E-state index is 0.0757. The quantitative estimate of drug-likeness (QED) is 0.318. The van der Waals surface area contributed by atoms with Gasteiger partial charge in [-0.2, -0.15) is 9.37 Å². The number of nitro benzene ring substituents is 1. The Morgan fingerprint density at radius 1 is 1.29 bits per heavy atom. The van der Waals surface area contributed by atoms with Gasteiger partial charge in [-0.15, -0.1) is 0 Å². The summed E-state index contributed by atoms with van der Waals surface area (Å²) in [5, 5.41) is 14.0. The van der Waals surface area contributed by atoms with E-state index in [9.17, 15) is 14.5 Å². The Kier molecular flexibility index (Phi) is 5.17. The van der Waals surface area contributed by atoms with Crippen molar-refractivity contribution in [3.63, 3.8) is 0 Å². The smallest absolute Gasteiger partial charge is 0.307 e. The maximum atomic E-state index is 13.9. The van der Waals surface area contributed by atoms with E-state index in [1.807, 2.05) is 17.0 Å². The van der Waals surface area contributed by atoms with E-state index in [4.69, 9.17) is 4.74 Å². The van der Waals surface area contributed by atoms with Crippen LogP contribution in [0.3, 0.4) is 0 Å². The number of nitro groups is 1. The third-order valence-electron chi connectivity index (χ3n) is 4.84. The van der Waals surface area contributed by atoms with E-state index in [-0.39, 0.29) is 22.8 Å². The van der Waals surface area contributed by atoms with Crippen LogP contribution < -0.4 is 15.0 Å². The fourth-order valence-electron chi connectivity index (χ4n) is 3.43. The molecule has 10 nitrogen and oxygen atoms in total. The Labute approximate surface area is 184 Å². The molecule has 0 radical (unpaired) electrons. The van der Waals surface area contributed by atoms with E-state index in [2.05, 4.69) is 55.0 Å². The summed E-state index contributed by atoms with van der Waals surface area (Å²) >= 11 is 3.41. The molecule has 0 saturated heterocycles. The Morgan fingerprint density at radius 2 is 2.06 bits per heavy atom. The molecule has 0 unspecified atom stereocenters. The first-order chi connectivity index (χ1) is 14.7. The predicted molar refractivity (Wildman–Crippen MR) is 115 cm³/mol. The molecule has 31 heavy (non-hydrogen) atoms. The molecular formula is C19H17BrFN7O3. The van der Waals surface area contributed by atoms with Crippen LogP contribution in [0.1, 0.15) is 19.5 Å². The normalized spacial score (nSPS) is 14.3. The average Bonchev–Trinajstić information content (AvgIpc) is 2.99. The highest BCUT2D eigenvalue weighted by Gasteiger charge is 2.38. The Hall–Kier alpha value is -3.41. The van der Waals surface area contributed by atoms with Crippen molar-refractivity contribution in [2.75, 3.05) is 23.9 Å². The molecule has 1 aromatic carbocycles. The van der Waals surface area contributed by atoms with Crippen molar-refractivity contribution in [3.8, 4) is 5.75 Å². The van der Waals surface area contributed by atoms with E-state index in [0.717, 1.165) is 28.1 Å². The van der Waals surface area contributed by atoms with E-state index in [0.29, 0.717) is 12.5 Å². The zero-order chi connectivity index (χ0) is 22.3.